The summed E-state index contributed by atoms with van der Waals surface area (Å²) in [5.74, 6) is -2.22. The molecule has 1 aromatic heterocycles. The Labute approximate surface area is 198 Å². The number of hydrogen-bond acceptors (Lipinski definition) is 3. The second-order valence-corrected chi connectivity index (χ2v) is 7.81. The first-order chi connectivity index (χ1) is 16.9. The van der Waals surface area contributed by atoms with Crippen LogP contribution in [0.1, 0.15) is 11.3 Å². The Kier molecular flexibility index (Phi) is 5.72. The number of nitrogens with one attached hydrogen (secondary N) is 5. The minimum absolute atomic E-state index is 0.126. The van der Waals surface area contributed by atoms with Crippen molar-refractivity contribution in [3.63, 3.8) is 0 Å². The van der Waals surface area contributed by atoms with Crippen LogP contribution in [0.3, 0.4) is 0 Å². The summed E-state index contributed by atoms with van der Waals surface area (Å²) in [6.45, 7) is 0. The Morgan fingerprint density at radius 1 is 0.800 bits per heavy atom. The summed E-state index contributed by atoms with van der Waals surface area (Å²) >= 11 is 0. The van der Waals surface area contributed by atoms with Crippen LogP contribution >= 0.6 is 0 Å². The minimum Gasteiger partial charge on any atom is -0.362 e. The number of halogens is 2. The summed E-state index contributed by atoms with van der Waals surface area (Å²) < 4.78 is 26.4. The molecule has 4 aromatic rings. The lowest BCUT2D eigenvalue weighted by Gasteiger charge is -2.11. The second kappa shape index (κ2) is 9.14. The largest absolute Gasteiger partial charge is 0.362 e. The average molecular weight is 471 g/mol. The third-order valence-electron chi connectivity index (χ3n) is 5.31. The molecule has 5 N–H and O–H groups in total. The first-order valence-corrected chi connectivity index (χ1v) is 10.7. The van der Waals surface area contributed by atoms with Crippen molar-refractivity contribution in [2.24, 2.45) is 0 Å². The Hall–Kier alpha value is -4.92. The van der Waals surface area contributed by atoms with Crippen molar-refractivity contribution in [3.8, 4) is 0 Å². The van der Waals surface area contributed by atoms with Crippen LogP contribution in [0.25, 0.3) is 11.6 Å². The molecule has 5 rings (SSSR count). The van der Waals surface area contributed by atoms with Crippen LogP contribution < -0.4 is 21.3 Å². The fraction of sp³-hybridized carbons (Fsp3) is 0. The number of carbonyl (C=O) groups is 2. The van der Waals surface area contributed by atoms with E-state index >= 15 is 0 Å². The molecule has 0 fully saturated rings. The second-order valence-electron chi connectivity index (χ2n) is 7.81. The molecule has 0 radical (unpaired) electrons. The molecule has 0 spiro atoms. The molecule has 7 nitrogen and oxygen atoms in total. The average Bonchev–Trinajstić information content (AvgIpc) is 3.44. The molecule has 35 heavy (non-hydrogen) atoms. The number of carbonyl (C=O) groups excluding carboxylic acids is 2. The quantitative estimate of drug-likeness (QED) is 0.225. The molecular formula is C26H19F2N5O2. The van der Waals surface area contributed by atoms with Crippen LogP contribution in [0, 0.1) is 11.6 Å². The molecule has 3 aromatic carbocycles. The molecule has 0 aliphatic carbocycles. The topological polar surface area (TPSA) is 98.1 Å². The van der Waals surface area contributed by atoms with Gasteiger partial charge in [-0.1, -0.05) is 12.1 Å². The molecule has 0 bridgehead atoms. The number of amides is 3. The Balaban J connectivity index is 1.27. The fourth-order valence-electron chi connectivity index (χ4n) is 3.71. The summed E-state index contributed by atoms with van der Waals surface area (Å²) in [5.41, 5.74) is 4.96. The molecule has 3 amide bonds. The van der Waals surface area contributed by atoms with Crippen LogP contribution in [0.4, 0.5) is 42.0 Å². The molecule has 0 saturated carbocycles. The molecule has 0 unspecified atom stereocenters. The van der Waals surface area contributed by atoms with E-state index in [1.54, 1.807) is 30.5 Å². The number of aromatic amines is 1. The molecule has 0 atom stereocenters. The number of fused-ring (bicyclic) bond motifs is 1. The van der Waals surface area contributed by atoms with Crippen LogP contribution in [0.15, 0.2) is 79.0 Å². The maximum atomic E-state index is 13.3. The van der Waals surface area contributed by atoms with Crippen molar-refractivity contribution < 1.29 is 18.4 Å². The van der Waals surface area contributed by atoms with E-state index in [9.17, 15) is 18.4 Å². The fourth-order valence-corrected chi connectivity index (χ4v) is 3.71. The molecule has 2 heterocycles. The highest BCUT2D eigenvalue weighted by Gasteiger charge is 2.24. The molecule has 0 saturated heterocycles. The Morgan fingerprint density at radius 2 is 1.54 bits per heavy atom. The lowest BCUT2D eigenvalue weighted by molar-refractivity contribution is -0.110. The maximum absolute atomic E-state index is 13.3. The Bertz CT molecular complexity index is 1460. The molecule has 1 aliphatic rings. The number of hydrogen-bond donors (Lipinski definition) is 5. The maximum Gasteiger partial charge on any atom is 0.323 e. The zero-order valence-electron chi connectivity index (χ0n) is 18.2. The predicted octanol–water partition coefficient (Wildman–Crippen LogP) is 6.17. The smallest absolute Gasteiger partial charge is 0.323 e. The summed E-state index contributed by atoms with van der Waals surface area (Å²) in [7, 11) is 0. The lowest BCUT2D eigenvalue weighted by atomic mass is 10.1. The van der Waals surface area contributed by atoms with E-state index in [-0.39, 0.29) is 11.6 Å². The van der Waals surface area contributed by atoms with Crippen LogP contribution in [0.2, 0.25) is 0 Å². The number of benzene rings is 3. The van der Waals surface area contributed by atoms with Gasteiger partial charge in [0, 0.05) is 46.3 Å². The van der Waals surface area contributed by atoms with Gasteiger partial charge in [0.15, 0.2) is 11.6 Å². The molecular weight excluding hydrogens is 452 g/mol. The summed E-state index contributed by atoms with van der Waals surface area (Å²) in [5, 5.41) is 11.2. The third kappa shape index (κ3) is 4.88. The minimum atomic E-state index is -1.05. The van der Waals surface area contributed by atoms with Gasteiger partial charge in [0.2, 0.25) is 0 Å². The van der Waals surface area contributed by atoms with Crippen molar-refractivity contribution in [2.45, 2.75) is 0 Å². The van der Waals surface area contributed by atoms with Crippen molar-refractivity contribution in [1.82, 2.24) is 4.98 Å². The number of rotatable bonds is 5. The third-order valence-corrected chi connectivity index (χ3v) is 5.31. The van der Waals surface area contributed by atoms with Gasteiger partial charge in [0.05, 0.1) is 11.3 Å². The van der Waals surface area contributed by atoms with Gasteiger partial charge in [-0.15, -0.1) is 0 Å². The monoisotopic (exact) mass is 471 g/mol. The van der Waals surface area contributed by atoms with Gasteiger partial charge in [-0.2, -0.15) is 0 Å². The van der Waals surface area contributed by atoms with Gasteiger partial charge in [-0.05, 0) is 60.7 Å². The van der Waals surface area contributed by atoms with E-state index in [0.717, 1.165) is 29.1 Å². The van der Waals surface area contributed by atoms with Gasteiger partial charge in [0.1, 0.15) is 0 Å². The number of aromatic nitrogens is 1. The number of urea groups is 1. The summed E-state index contributed by atoms with van der Waals surface area (Å²) in [6, 6.07) is 18.8. The van der Waals surface area contributed by atoms with Crippen LogP contribution in [0.5, 0.6) is 0 Å². The molecule has 9 heteroatoms. The van der Waals surface area contributed by atoms with E-state index in [0.29, 0.717) is 22.6 Å². The van der Waals surface area contributed by atoms with Gasteiger partial charge in [0.25, 0.3) is 5.91 Å². The zero-order chi connectivity index (χ0) is 24.4. The van der Waals surface area contributed by atoms with E-state index < -0.39 is 17.7 Å². The van der Waals surface area contributed by atoms with Gasteiger partial charge in [-0.3, -0.25) is 4.79 Å². The standard InChI is InChI=1S/C26H19F2N5O2/c27-22-9-7-18(13-23(22)28)32-26(35)31-17-4-1-3-16(11-17)30-19-6-8-20-21(12-15-5-2-10-29-15)25(34)33-24(20)14-19/h1-14,29-30H,(H,33,34)(H2,31,32,35). The van der Waals surface area contributed by atoms with Crippen LogP contribution in [-0.2, 0) is 4.79 Å². The zero-order valence-corrected chi connectivity index (χ0v) is 18.2. The summed E-state index contributed by atoms with van der Waals surface area (Å²) in [4.78, 5) is 27.7. The first-order valence-electron chi connectivity index (χ1n) is 10.7. The SMILES string of the molecule is O=C(Nc1cccc(Nc2ccc3c(c2)NC(=O)C3=Cc2ccc[nH]2)c1)Nc1ccc(F)c(F)c1. The van der Waals surface area contributed by atoms with E-state index in [1.165, 1.54) is 6.07 Å². The highest BCUT2D eigenvalue weighted by atomic mass is 19.2. The van der Waals surface area contributed by atoms with E-state index in [4.69, 9.17) is 0 Å². The molecule has 1 aliphatic heterocycles. The van der Waals surface area contributed by atoms with E-state index in [2.05, 4.69) is 26.3 Å². The van der Waals surface area contributed by atoms with Crippen molar-refractivity contribution >= 4 is 52.0 Å². The van der Waals surface area contributed by atoms with Gasteiger partial charge in [-0.25, -0.2) is 13.6 Å². The summed E-state index contributed by atoms with van der Waals surface area (Å²) in [6.07, 6.45) is 3.59. The number of anilines is 5. The van der Waals surface area contributed by atoms with Crippen molar-refractivity contribution in [1.29, 1.82) is 0 Å². The highest BCUT2D eigenvalue weighted by molar-refractivity contribution is 6.35. The van der Waals surface area contributed by atoms with Gasteiger partial charge >= 0.3 is 6.03 Å². The van der Waals surface area contributed by atoms with Gasteiger partial charge < -0.3 is 26.3 Å². The lowest BCUT2D eigenvalue weighted by Crippen LogP contribution is -2.19. The van der Waals surface area contributed by atoms with Crippen molar-refractivity contribution in [2.75, 3.05) is 21.3 Å². The highest BCUT2D eigenvalue weighted by Crippen LogP contribution is 2.35. The normalized spacial score (nSPS) is 13.3. The predicted molar refractivity (Wildman–Crippen MR) is 132 cm³/mol. The Morgan fingerprint density at radius 3 is 2.31 bits per heavy atom. The number of H-pyrrole nitrogens is 1. The molecule has 174 valence electrons. The van der Waals surface area contributed by atoms with Crippen molar-refractivity contribution in [3.05, 3.63) is 102 Å². The van der Waals surface area contributed by atoms with Crippen LogP contribution in [-0.4, -0.2) is 16.9 Å². The van der Waals surface area contributed by atoms with E-state index in [1.807, 2.05) is 36.4 Å². The first kappa shape index (κ1) is 21.9.